The average molecular weight is 260 g/mol. The highest BCUT2D eigenvalue weighted by atomic mass is 16.1. The van der Waals surface area contributed by atoms with E-state index >= 15 is 0 Å². The molecule has 0 aliphatic heterocycles. The fourth-order valence-electron chi connectivity index (χ4n) is 2.80. The van der Waals surface area contributed by atoms with Gasteiger partial charge in [0, 0.05) is 12.0 Å². The van der Waals surface area contributed by atoms with Crippen LogP contribution in [0.4, 0.5) is 0 Å². The van der Waals surface area contributed by atoms with Gasteiger partial charge in [0.25, 0.3) is 0 Å². The minimum atomic E-state index is 0.0939. The van der Waals surface area contributed by atoms with Crippen LogP contribution in [0.2, 0.25) is 0 Å². The Morgan fingerprint density at radius 3 is 2.37 bits per heavy atom. The van der Waals surface area contributed by atoms with Gasteiger partial charge in [-0.2, -0.15) is 0 Å². The molecule has 1 unspecified atom stereocenters. The van der Waals surface area contributed by atoms with E-state index in [1.807, 2.05) is 12.1 Å². The highest BCUT2D eigenvalue weighted by Crippen LogP contribution is 2.26. The minimum Gasteiger partial charge on any atom is -0.353 e. The number of nitrogens with two attached hydrogens (primary N) is 1. The second-order valence-electron chi connectivity index (χ2n) is 5.81. The Labute approximate surface area is 115 Å². The van der Waals surface area contributed by atoms with Crippen LogP contribution in [-0.4, -0.2) is 18.5 Å². The molecule has 1 atom stereocenters. The molecule has 0 bridgehead atoms. The van der Waals surface area contributed by atoms with E-state index in [0.29, 0.717) is 12.5 Å². The van der Waals surface area contributed by atoms with E-state index < -0.39 is 0 Å². The lowest BCUT2D eigenvalue weighted by atomic mass is 9.98. The second kappa shape index (κ2) is 6.20. The van der Waals surface area contributed by atoms with Crippen molar-refractivity contribution < 1.29 is 4.79 Å². The van der Waals surface area contributed by atoms with Crippen LogP contribution in [0.3, 0.4) is 0 Å². The summed E-state index contributed by atoms with van der Waals surface area (Å²) in [5.41, 5.74) is 8.26. The predicted octanol–water partition coefficient (Wildman–Crippen LogP) is 1.89. The summed E-state index contributed by atoms with van der Waals surface area (Å²) in [6.45, 7) is 4.88. The maximum atomic E-state index is 12.4. The van der Waals surface area contributed by atoms with Crippen LogP contribution >= 0.6 is 0 Å². The number of fused-ring (bicyclic) bond motifs is 1. The van der Waals surface area contributed by atoms with Gasteiger partial charge in [0.2, 0.25) is 5.91 Å². The molecule has 0 heterocycles. The Kier molecular flexibility index (Phi) is 4.59. The largest absolute Gasteiger partial charge is 0.353 e. The van der Waals surface area contributed by atoms with Gasteiger partial charge in [-0.25, -0.2) is 0 Å². The van der Waals surface area contributed by atoms with Gasteiger partial charge in [-0.05, 0) is 42.9 Å². The first kappa shape index (κ1) is 14.1. The SMILES string of the molecule is CC(C)C(CCN)NC(=O)C1Cc2ccccc2C1. The van der Waals surface area contributed by atoms with Gasteiger partial charge in [0.15, 0.2) is 0 Å². The van der Waals surface area contributed by atoms with Gasteiger partial charge in [-0.15, -0.1) is 0 Å². The third-order valence-corrected chi connectivity index (χ3v) is 4.03. The summed E-state index contributed by atoms with van der Waals surface area (Å²) in [5, 5.41) is 3.18. The van der Waals surface area contributed by atoms with Crippen LogP contribution in [0.15, 0.2) is 24.3 Å². The van der Waals surface area contributed by atoms with Crippen molar-refractivity contribution in [2.45, 2.75) is 39.2 Å². The van der Waals surface area contributed by atoms with Crippen LogP contribution in [0.25, 0.3) is 0 Å². The molecule has 3 heteroatoms. The minimum absolute atomic E-state index is 0.0939. The van der Waals surface area contributed by atoms with Crippen LogP contribution in [0.5, 0.6) is 0 Å². The summed E-state index contributed by atoms with van der Waals surface area (Å²) >= 11 is 0. The molecule has 3 N–H and O–H groups in total. The summed E-state index contributed by atoms with van der Waals surface area (Å²) in [5.74, 6) is 0.705. The van der Waals surface area contributed by atoms with E-state index in [1.165, 1.54) is 11.1 Å². The highest BCUT2D eigenvalue weighted by Gasteiger charge is 2.28. The van der Waals surface area contributed by atoms with Crippen LogP contribution in [-0.2, 0) is 17.6 Å². The van der Waals surface area contributed by atoms with E-state index in [1.54, 1.807) is 0 Å². The number of carbonyl (C=O) groups excluding carboxylic acids is 1. The lowest BCUT2D eigenvalue weighted by Crippen LogP contribution is -2.43. The van der Waals surface area contributed by atoms with Crippen LogP contribution < -0.4 is 11.1 Å². The predicted molar refractivity (Wildman–Crippen MR) is 77.8 cm³/mol. The molecule has 3 nitrogen and oxygen atoms in total. The molecule has 19 heavy (non-hydrogen) atoms. The Morgan fingerprint density at radius 1 is 1.32 bits per heavy atom. The van der Waals surface area contributed by atoms with Gasteiger partial charge in [-0.3, -0.25) is 4.79 Å². The molecule has 1 aliphatic rings. The second-order valence-corrected chi connectivity index (χ2v) is 5.81. The maximum Gasteiger partial charge on any atom is 0.224 e. The third-order valence-electron chi connectivity index (χ3n) is 4.03. The van der Waals surface area contributed by atoms with E-state index in [-0.39, 0.29) is 17.9 Å². The van der Waals surface area contributed by atoms with Crippen molar-refractivity contribution in [2.75, 3.05) is 6.54 Å². The first-order valence-electron chi connectivity index (χ1n) is 7.19. The van der Waals surface area contributed by atoms with E-state index in [2.05, 4.69) is 31.3 Å². The zero-order valence-corrected chi connectivity index (χ0v) is 11.9. The number of carbonyl (C=O) groups is 1. The van der Waals surface area contributed by atoms with Crippen molar-refractivity contribution >= 4 is 5.91 Å². The Balaban J connectivity index is 1.95. The molecule has 2 rings (SSSR count). The molecular weight excluding hydrogens is 236 g/mol. The fourth-order valence-corrected chi connectivity index (χ4v) is 2.80. The lowest BCUT2D eigenvalue weighted by molar-refractivity contribution is -0.125. The van der Waals surface area contributed by atoms with Crippen molar-refractivity contribution in [3.05, 3.63) is 35.4 Å². The molecule has 104 valence electrons. The monoisotopic (exact) mass is 260 g/mol. The Hall–Kier alpha value is -1.35. The van der Waals surface area contributed by atoms with Crippen LogP contribution in [0, 0.1) is 11.8 Å². The molecule has 0 saturated carbocycles. The van der Waals surface area contributed by atoms with Gasteiger partial charge >= 0.3 is 0 Å². The van der Waals surface area contributed by atoms with Crippen molar-refractivity contribution in [1.29, 1.82) is 0 Å². The molecule has 1 aromatic carbocycles. The topological polar surface area (TPSA) is 55.1 Å². The van der Waals surface area contributed by atoms with Crippen LogP contribution in [0.1, 0.15) is 31.4 Å². The molecule has 1 amide bonds. The summed E-state index contributed by atoms with van der Waals surface area (Å²) < 4.78 is 0. The molecular formula is C16H24N2O. The Morgan fingerprint density at radius 2 is 1.89 bits per heavy atom. The number of nitrogens with one attached hydrogen (secondary N) is 1. The average Bonchev–Trinajstić information content (AvgIpc) is 2.81. The first-order valence-corrected chi connectivity index (χ1v) is 7.19. The van der Waals surface area contributed by atoms with Crippen molar-refractivity contribution in [1.82, 2.24) is 5.32 Å². The number of rotatable bonds is 5. The standard InChI is InChI=1S/C16H24N2O/c1-11(2)15(7-8-17)18-16(19)14-9-12-5-3-4-6-13(12)10-14/h3-6,11,14-15H,7-10,17H2,1-2H3,(H,18,19). The smallest absolute Gasteiger partial charge is 0.224 e. The van der Waals surface area contributed by atoms with Gasteiger partial charge in [0.05, 0.1) is 0 Å². The maximum absolute atomic E-state index is 12.4. The molecule has 1 aromatic rings. The quantitative estimate of drug-likeness (QED) is 0.849. The van der Waals surface area contributed by atoms with E-state index in [0.717, 1.165) is 19.3 Å². The van der Waals surface area contributed by atoms with Crippen molar-refractivity contribution in [2.24, 2.45) is 17.6 Å². The van der Waals surface area contributed by atoms with Crippen molar-refractivity contribution in [3.8, 4) is 0 Å². The highest BCUT2D eigenvalue weighted by molar-refractivity contribution is 5.80. The zero-order chi connectivity index (χ0) is 13.8. The number of amides is 1. The van der Waals surface area contributed by atoms with Gasteiger partial charge < -0.3 is 11.1 Å². The number of hydrogen-bond acceptors (Lipinski definition) is 2. The van der Waals surface area contributed by atoms with Gasteiger partial charge in [0.1, 0.15) is 0 Å². The summed E-state index contributed by atoms with van der Waals surface area (Å²) in [6.07, 6.45) is 2.59. The third kappa shape index (κ3) is 3.35. The van der Waals surface area contributed by atoms with Crippen molar-refractivity contribution in [3.63, 3.8) is 0 Å². The molecule has 0 fully saturated rings. The molecule has 0 spiro atoms. The number of benzene rings is 1. The normalized spacial score (nSPS) is 16.4. The Bertz CT molecular complexity index is 417. The molecule has 0 saturated heterocycles. The molecule has 1 aliphatic carbocycles. The summed E-state index contributed by atoms with van der Waals surface area (Å²) in [4.78, 5) is 12.4. The van der Waals surface area contributed by atoms with E-state index in [4.69, 9.17) is 5.73 Å². The van der Waals surface area contributed by atoms with E-state index in [9.17, 15) is 4.79 Å². The van der Waals surface area contributed by atoms with Gasteiger partial charge in [-0.1, -0.05) is 38.1 Å². The number of hydrogen-bond donors (Lipinski definition) is 2. The molecule has 0 radical (unpaired) electrons. The fraction of sp³-hybridized carbons (Fsp3) is 0.562. The summed E-state index contributed by atoms with van der Waals surface area (Å²) in [7, 11) is 0. The molecule has 0 aromatic heterocycles. The first-order chi connectivity index (χ1) is 9.11. The lowest BCUT2D eigenvalue weighted by Gasteiger charge is -2.23. The summed E-state index contributed by atoms with van der Waals surface area (Å²) in [6, 6.07) is 8.54. The zero-order valence-electron chi connectivity index (χ0n) is 11.9.